The number of fused-ring (bicyclic) bond motifs is 1. The number of rotatable bonds is 3. The first-order valence-electron chi connectivity index (χ1n) is 8.10. The zero-order valence-electron chi connectivity index (χ0n) is 14.2. The highest BCUT2D eigenvalue weighted by atomic mass is 32.2. The van der Waals surface area contributed by atoms with E-state index in [0.717, 1.165) is 16.9 Å². The van der Waals surface area contributed by atoms with Gasteiger partial charge in [0.05, 0.1) is 10.9 Å². The molecule has 0 amide bonds. The third kappa shape index (κ3) is 3.47. The van der Waals surface area contributed by atoms with Gasteiger partial charge in [0.2, 0.25) is 10.0 Å². The van der Waals surface area contributed by atoms with Crippen LogP contribution in [-0.4, -0.2) is 21.1 Å². The van der Waals surface area contributed by atoms with Crippen molar-refractivity contribution in [3.63, 3.8) is 0 Å². The van der Waals surface area contributed by atoms with Crippen LogP contribution in [0.3, 0.4) is 0 Å². The minimum Gasteiger partial charge on any atom is -0.492 e. The van der Waals surface area contributed by atoms with E-state index in [9.17, 15) is 8.42 Å². The van der Waals surface area contributed by atoms with Crippen LogP contribution in [0.4, 0.5) is 0 Å². The SMILES string of the molecule is CC(C)(C)c1ccccc1S(=O)(=O)NC1COc2ccccc2C1. The van der Waals surface area contributed by atoms with Crippen molar-refractivity contribution in [2.75, 3.05) is 6.61 Å². The highest BCUT2D eigenvalue weighted by Crippen LogP contribution is 2.29. The van der Waals surface area contributed by atoms with Crippen LogP contribution in [0.1, 0.15) is 31.9 Å². The predicted molar refractivity (Wildman–Crippen MR) is 94.9 cm³/mol. The van der Waals surface area contributed by atoms with Gasteiger partial charge >= 0.3 is 0 Å². The molecule has 128 valence electrons. The van der Waals surface area contributed by atoms with Crippen molar-refractivity contribution in [1.29, 1.82) is 0 Å². The quantitative estimate of drug-likeness (QED) is 0.929. The van der Waals surface area contributed by atoms with Crippen LogP contribution < -0.4 is 9.46 Å². The van der Waals surface area contributed by atoms with E-state index in [4.69, 9.17) is 4.74 Å². The number of para-hydroxylation sites is 1. The van der Waals surface area contributed by atoms with E-state index in [1.54, 1.807) is 12.1 Å². The Morgan fingerprint density at radius 2 is 1.71 bits per heavy atom. The average molecular weight is 345 g/mol. The van der Waals surface area contributed by atoms with Crippen molar-refractivity contribution in [3.05, 3.63) is 59.7 Å². The van der Waals surface area contributed by atoms with E-state index in [-0.39, 0.29) is 11.5 Å². The number of hydrogen-bond donors (Lipinski definition) is 1. The molecule has 1 N–H and O–H groups in total. The Hall–Kier alpha value is -1.85. The Morgan fingerprint density at radius 3 is 2.46 bits per heavy atom. The smallest absolute Gasteiger partial charge is 0.241 e. The van der Waals surface area contributed by atoms with Gasteiger partial charge in [-0.05, 0) is 35.1 Å². The number of benzene rings is 2. The lowest BCUT2D eigenvalue weighted by atomic mass is 9.87. The lowest BCUT2D eigenvalue weighted by molar-refractivity contribution is 0.254. The van der Waals surface area contributed by atoms with Crippen LogP contribution in [-0.2, 0) is 21.9 Å². The molecule has 0 saturated carbocycles. The normalized spacial score (nSPS) is 17.9. The molecule has 3 rings (SSSR count). The second kappa shape index (κ2) is 6.22. The van der Waals surface area contributed by atoms with Crippen LogP contribution >= 0.6 is 0 Å². The molecule has 24 heavy (non-hydrogen) atoms. The fraction of sp³-hybridized carbons (Fsp3) is 0.368. The molecule has 1 unspecified atom stereocenters. The summed E-state index contributed by atoms with van der Waals surface area (Å²) in [5, 5.41) is 0. The molecule has 1 aliphatic heterocycles. The van der Waals surface area contributed by atoms with Crippen LogP contribution in [0.5, 0.6) is 5.75 Å². The van der Waals surface area contributed by atoms with Gasteiger partial charge in [-0.25, -0.2) is 13.1 Å². The van der Waals surface area contributed by atoms with Gasteiger partial charge in [-0.15, -0.1) is 0 Å². The summed E-state index contributed by atoms with van der Waals surface area (Å²) in [6.45, 7) is 6.39. The van der Waals surface area contributed by atoms with Crippen molar-refractivity contribution in [2.45, 2.75) is 43.5 Å². The van der Waals surface area contributed by atoms with Crippen LogP contribution in [0, 0.1) is 0 Å². The van der Waals surface area contributed by atoms with Crippen LogP contribution in [0.25, 0.3) is 0 Å². The number of sulfonamides is 1. The average Bonchev–Trinajstić information content (AvgIpc) is 2.53. The van der Waals surface area contributed by atoms with Crippen molar-refractivity contribution in [1.82, 2.24) is 4.72 Å². The van der Waals surface area contributed by atoms with Crippen molar-refractivity contribution in [3.8, 4) is 5.75 Å². The zero-order chi connectivity index (χ0) is 17.4. The zero-order valence-corrected chi connectivity index (χ0v) is 15.1. The Labute approximate surface area is 143 Å². The van der Waals surface area contributed by atoms with Gasteiger partial charge in [0.1, 0.15) is 12.4 Å². The molecule has 1 heterocycles. The van der Waals surface area contributed by atoms with Crippen LogP contribution in [0.2, 0.25) is 0 Å². The third-order valence-corrected chi connectivity index (χ3v) is 5.76. The molecule has 0 bridgehead atoms. The number of ether oxygens (including phenoxy) is 1. The maximum absolute atomic E-state index is 12.9. The second-order valence-electron chi connectivity index (χ2n) is 7.19. The van der Waals surface area contributed by atoms with Gasteiger partial charge in [-0.1, -0.05) is 57.2 Å². The fourth-order valence-corrected chi connectivity index (χ4v) is 4.65. The minimum absolute atomic E-state index is 0.249. The van der Waals surface area contributed by atoms with E-state index < -0.39 is 10.0 Å². The molecule has 2 aromatic carbocycles. The summed E-state index contributed by atoms with van der Waals surface area (Å²) in [5.74, 6) is 0.836. The molecule has 0 saturated heterocycles. The molecule has 5 heteroatoms. The van der Waals surface area contributed by atoms with Crippen molar-refractivity contribution in [2.24, 2.45) is 0 Å². The van der Waals surface area contributed by atoms with E-state index in [0.29, 0.717) is 17.9 Å². The summed E-state index contributed by atoms with van der Waals surface area (Å²) in [7, 11) is -3.61. The molecule has 0 aliphatic carbocycles. The maximum atomic E-state index is 12.9. The van der Waals surface area contributed by atoms with Gasteiger partial charge in [0, 0.05) is 0 Å². The van der Waals surface area contributed by atoms with Gasteiger partial charge in [-0.2, -0.15) is 0 Å². The van der Waals surface area contributed by atoms with Gasteiger partial charge in [-0.3, -0.25) is 0 Å². The summed E-state index contributed by atoms with van der Waals surface area (Å²) >= 11 is 0. The topological polar surface area (TPSA) is 55.4 Å². The standard InChI is InChI=1S/C19H23NO3S/c1-19(2,3)16-9-5-7-11-18(16)24(21,22)20-15-12-14-8-4-6-10-17(14)23-13-15/h4-11,15,20H,12-13H2,1-3H3. The Morgan fingerprint density at radius 1 is 1.04 bits per heavy atom. The van der Waals surface area contributed by atoms with Gasteiger partial charge in [0.25, 0.3) is 0 Å². The monoisotopic (exact) mass is 345 g/mol. The lowest BCUT2D eigenvalue weighted by Gasteiger charge is -2.27. The molecular formula is C19H23NO3S. The van der Waals surface area contributed by atoms with Gasteiger partial charge in [0.15, 0.2) is 0 Å². The Kier molecular flexibility index (Phi) is 4.40. The molecule has 0 spiro atoms. The summed E-state index contributed by atoms with van der Waals surface area (Å²) in [6.07, 6.45) is 0.632. The highest BCUT2D eigenvalue weighted by Gasteiger charge is 2.29. The van der Waals surface area contributed by atoms with Crippen molar-refractivity contribution < 1.29 is 13.2 Å². The number of nitrogens with one attached hydrogen (secondary N) is 1. The van der Waals surface area contributed by atoms with E-state index >= 15 is 0 Å². The number of hydrogen-bond acceptors (Lipinski definition) is 3. The first kappa shape index (κ1) is 17.0. The molecule has 0 fully saturated rings. The lowest BCUT2D eigenvalue weighted by Crippen LogP contribution is -2.43. The first-order valence-corrected chi connectivity index (χ1v) is 9.58. The van der Waals surface area contributed by atoms with Gasteiger partial charge < -0.3 is 4.74 Å². The third-order valence-electron chi connectivity index (χ3n) is 4.19. The van der Waals surface area contributed by atoms with E-state index in [1.165, 1.54) is 0 Å². The molecule has 1 atom stereocenters. The molecular weight excluding hydrogens is 322 g/mol. The summed E-state index contributed by atoms with van der Waals surface area (Å²) < 4.78 is 34.3. The molecule has 1 aliphatic rings. The largest absolute Gasteiger partial charge is 0.492 e. The summed E-state index contributed by atoms with van der Waals surface area (Å²) in [6, 6.07) is 14.7. The van der Waals surface area contributed by atoms with Crippen LogP contribution in [0.15, 0.2) is 53.4 Å². The highest BCUT2D eigenvalue weighted by molar-refractivity contribution is 7.89. The predicted octanol–water partition coefficient (Wildman–Crippen LogP) is 3.27. The molecule has 4 nitrogen and oxygen atoms in total. The van der Waals surface area contributed by atoms with Crippen molar-refractivity contribution >= 4 is 10.0 Å². The van der Waals surface area contributed by atoms with E-state index in [2.05, 4.69) is 4.72 Å². The fourth-order valence-electron chi connectivity index (χ4n) is 3.01. The summed E-state index contributed by atoms with van der Waals surface area (Å²) in [4.78, 5) is 0.344. The molecule has 2 aromatic rings. The Bertz CT molecular complexity index is 838. The maximum Gasteiger partial charge on any atom is 0.241 e. The summed E-state index contributed by atoms with van der Waals surface area (Å²) in [5.41, 5.74) is 1.59. The molecule has 0 radical (unpaired) electrons. The minimum atomic E-state index is -3.61. The van der Waals surface area contributed by atoms with E-state index in [1.807, 2.05) is 57.2 Å². The second-order valence-corrected chi connectivity index (χ2v) is 8.87. The Balaban J connectivity index is 1.86. The first-order chi connectivity index (χ1) is 11.3. The molecule has 0 aromatic heterocycles.